The van der Waals surface area contributed by atoms with Crippen LogP contribution in [0.3, 0.4) is 0 Å². The number of hydrogen-bond donors (Lipinski definition) is 3. The SMILES string of the molecule is CC(C)C[C@@H](C(=O)NN(CC(C)C)C(=O)CCC(C)O)[C@H](CC=Cc1ccccc1)C(=O)NOC1CCCCO1. The Hall–Kier alpha value is -2.75. The highest BCUT2D eigenvalue weighted by Crippen LogP contribution is 2.26. The summed E-state index contributed by atoms with van der Waals surface area (Å²) < 4.78 is 5.58. The molecule has 0 aliphatic carbocycles. The first kappa shape index (κ1) is 33.5. The van der Waals surface area contributed by atoms with E-state index in [1.165, 1.54) is 5.01 Å². The minimum absolute atomic E-state index is 0.108. The molecule has 4 atom stereocenters. The third-order valence-electron chi connectivity index (χ3n) is 6.68. The minimum atomic E-state index is -0.737. The van der Waals surface area contributed by atoms with E-state index in [0.29, 0.717) is 38.8 Å². The van der Waals surface area contributed by atoms with Gasteiger partial charge < -0.3 is 9.84 Å². The van der Waals surface area contributed by atoms with Crippen molar-refractivity contribution in [1.29, 1.82) is 0 Å². The normalized spacial score (nSPS) is 17.9. The maximum absolute atomic E-state index is 13.8. The molecule has 1 fully saturated rings. The molecule has 1 aromatic rings. The van der Waals surface area contributed by atoms with Gasteiger partial charge >= 0.3 is 0 Å². The fourth-order valence-electron chi connectivity index (χ4n) is 4.59. The number of aliphatic hydroxyl groups excluding tert-OH is 1. The lowest BCUT2D eigenvalue weighted by atomic mass is 9.82. The van der Waals surface area contributed by atoms with Crippen molar-refractivity contribution < 1.29 is 29.1 Å². The Bertz CT molecular complexity index is 928. The predicted octanol–water partition coefficient (Wildman–Crippen LogP) is 4.62. The first-order valence-corrected chi connectivity index (χ1v) is 14.6. The number of rotatable bonds is 15. The second-order valence-corrected chi connectivity index (χ2v) is 11.5. The Kier molecular flexibility index (Phi) is 14.9. The second kappa shape index (κ2) is 17.8. The van der Waals surface area contributed by atoms with E-state index in [0.717, 1.165) is 18.4 Å². The quantitative estimate of drug-likeness (QED) is 0.270. The van der Waals surface area contributed by atoms with Crippen LogP contribution in [0.25, 0.3) is 6.08 Å². The fraction of sp³-hybridized carbons (Fsp3) is 0.645. The van der Waals surface area contributed by atoms with Crippen LogP contribution in [-0.2, 0) is 24.0 Å². The van der Waals surface area contributed by atoms with Gasteiger partial charge in [-0.3, -0.25) is 24.8 Å². The zero-order valence-electron chi connectivity index (χ0n) is 24.8. The van der Waals surface area contributed by atoms with Crippen LogP contribution in [0.1, 0.15) is 85.1 Å². The zero-order chi connectivity index (χ0) is 29.5. The fourth-order valence-corrected chi connectivity index (χ4v) is 4.59. The van der Waals surface area contributed by atoms with Gasteiger partial charge in [0.1, 0.15) is 0 Å². The summed E-state index contributed by atoms with van der Waals surface area (Å²) in [4.78, 5) is 45.8. The number of nitrogens with one attached hydrogen (secondary N) is 2. The van der Waals surface area contributed by atoms with Crippen molar-refractivity contribution in [1.82, 2.24) is 15.9 Å². The van der Waals surface area contributed by atoms with E-state index >= 15 is 0 Å². The molecule has 40 heavy (non-hydrogen) atoms. The summed E-state index contributed by atoms with van der Waals surface area (Å²) in [6.07, 6.45) is 6.46. The van der Waals surface area contributed by atoms with E-state index in [-0.39, 0.29) is 30.1 Å². The number of benzene rings is 1. The van der Waals surface area contributed by atoms with Gasteiger partial charge in [-0.15, -0.1) is 0 Å². The number of hydrogen-bond acceptors (Lipinski definition) is 6. The first-order valence-electron chi connectivity index (χ1n) is 14.6. The number of hydroxylamine groups is 1. The number of nitrogens with zero attached hydrogens (tertiary/aromatic N) is 1. The molecule has 1 saturated heterocycles. The lowest BCUT2D eigenvalue weighted by molar-refractivity contribution is -0.203. The Morgan fingerprint density at radius 1 is 1.05 bits per heavy atom. The van der Waals surface area contributed by atoms with Crippen molar-refractivity contribution in [2.45, 2.75) is 92.0 Å². The van der Waals surface area contributed by atoms with Crippen LogP contribution in [0.5, 0.6) is 0 Å². The van der Waals surface area contributed by atoms with Gasteiger partial charge in [-0.2, -0.15) is 0 Å². The summed E-state index contributed by atoms with van der Waals surface area (Å²) in [5, 5.41) is 11.0. The molecule has 0 bridgehead atoms. The third kappa shape index (κ3) is 12.6. The van der Waals surface area contributed by atoms with E-state index in [2.05, 4.69) is 10.9 Å². The Balaban J connectivity index is 2.26. The molecule has 2 rings (SSSR count). The minimum Gasteiger partial charge on any atom is -0.393 e. The van der Waals surface area contributed by atoms with Crippen molar-refractivity contribution in [2.75, 3.05) is 13.2 Å². The predicted molar refractivity (Wildman–Crippen MR) is 155 cm³/mol. The lowest BCUT2D eigenvalue weighted by Crippen LogP contribution is -2.52. The highest BCUT2D eigenvalue weighted by atomic mass is 16.8. The molecule has 2 unspecified atom stereocenters. The standard InChI is InChI=1S/C31H49N3O6/c1-22(2)20-27(30(37)32-34(21-23(3)4)28(36)18-17-24(5)35)26(15-11-14-25-12-7-6-8-13-25)31(38)33-40-29-16-9-10-19-39-29/h6-8,11-14,22-24,26-27,29,35H,9-10,15-21H2,1-5H3,(H,32,37)(H,33,38)/t24?,26-,27+,29?/m0/s1. The van der Waals surface area contributed by atoms with Crippen molar-refractivity contribution in [2.24, 2.45) is 23.7 Å². The van der Waals surface area contributed by atoms with Crippen LogP contribution in [0.2, 0.25) is 0 Å². The number of hydrazine groups is 1. The molecule has 1 aromatic carbocycles. The van der Waals surface area contributed by atoms with Crippen LogP contribution >= 0.6 is 0 Å². The average Bonchev–Trinajstić information content (AvgIpc) is 2.92. The molecule has 0 saturated carbocycles. The molecular formula is C31H49N3O6. The maximum atomic E-state index is 13.8. The third-order valence-corrected chi connectivity index (χ3v) is 6.68. The molecule has 9 nitrogen and oxygen atoms in total. The Morgan fingerprint density at radius 3 is 2.38 bits per heavy atom. The molecule has 0 aromatic heterocycles. The number of ether oxygens (including phenoxy) is 1. The number of aliphatic hydroxyl groups is 1. The highest BCUT2D eigenvalue weighted by molar-refractivity contribution is 5.89. The molecule has 3 amide bonds. The van der Waals surface area contributed by atoms with E-state index in [1.807, 2.05) is 70.2 Å². The summed E-state index contributed by atoms with van der Waals surface area (Å²) in [7, 11) is 0. The van der Waals surface area contributed by atoms with Gasteiger partial charge in [0, 0.05) is 26.0 Å². The summed E-state index contributed by atoms with van der Waals surface area (Å²) in [6, 6.07) is 9.75. The van der Waals surface area contributed by atoms with E-state index < -0.39 is 30.1 Å². The second-order valence-electron chi connectivity index (χ2n) is 11.5. The molecule has 1 aliphatic rings. The number of carbonyl (C=O) groups is 3. The first-order chi connectivity index (χ1) is 19.1. The molecule has 0 spiro atoms. The topological polar surface area (TPSA) is 117 Å². The van der Waals surface area contributed by atoms with Crippen molar-refractivity contribution in [3.63, 3.8) is 0 Å². The van der Waals surface area contributed by atoms with Gasteiger partial charge in [-0.25, -0.2) is 10.3 Å². The van der Waals surface area contributed by atoms with Crippen LogP contribution in [-0.4, -0.2) is 53.4 Å². The molecule has 9 heteroatoms. The Morgan fingerprint density at radius 2 is 1.77 bits per heavy atom. The van der Waals surface area contributed by atoms with Crippen LogP contribution in [0.15, 0.2) is 36.4 Å². The smallest absolute Gasteiger partial charge is 0.247 e. The van der Waals surface area contributed by atoms with E-state index in [9.17, 15) is 19.5 Å². The molecule has 1 heterocycles. The van der Waals surface area contributed by atoms with Crippen molar-refractivity contribution in [3.05, 3.63) is 42.0 Å². The number of carbonyl (C=O) groups excluding carboxylic acids is 3. The summed E-state index contributed by atoms with van der Waals surface area (Å²) in [6.45, 7) is 10.5. The van der Waals surface area contributed by atoms with E-state index in [1.54, 1.807) is 6.92 Å². The van der Waals surface area contributed by atoms with Gasteiger partial charge in [0.05, 0.1) is 17.9 Å². The van der Waals surface area contributed by atoms with Gasteiger partial charge in [0.2, 0.25) is 17.7 Å². The molecule has 3 N–H and O–H groups in total. The van der Waals surface area contributed by atoms with Gasteiger partial charge in [0.15, 0.2) is 6.29 Å². The zero-order valence-corrected chi connectivity index (χ0v) is 24.8. The van der Waals surface area contributed by atoms with Crippen molar-refractivity contribution in [3.8, 4) is 0 Å². The van der Waals surface area contributed by atoms with Gasteiger partial charge in [0.25, 0.3) is 0 Å². The lowest BCUT2D eigenvalue weighted by Gasteiger charge is -2.31. The van der Waals surface area contributed by atoms with E-state index in [4.69, 9.17) is 9.57 Å². The number of allylic oxidation sites excluding steroid dienone is 1. The van der Waals surface area contributed by atoms with Crippen LogP contribution in [0, 0.1) is 23.7 Å². The highest BCUT2D eigenvalue weighted by Gasteiger charge is 2.35. The van der Waals surface area contributed by atoms with Crippen molar-refractivity contribution >= 4 is 23.8 Å². The molecule has 224 valence electrons. The summed E-state index contributed by atoms with van der Waals surface area (Å²) in [5.41, 5.74) is 6.38. The van der Waals surface area contributed by atoms with Gasteiger partial charge in [-0.1, -0.05) is 70.2 Å². The largest absolute Gasteiger partial charge is 0.393 e. The van der Waals surface area contributed by atoms with Gasteiger partial charge in [-0.05, 0) is 56.4 Å². The summed E-state index contributed by atoms with van der Waals surface area (Å²) in [5.74, 6) is -2.28. The Labute approximate surface area is 239 Å². The molecule has 0 radical (unpaired) electrons. The monoisotopic (exact) mass is 559 g/mol. The summed E-state index contributed by atoms with van der Waals surface area (Å²) >= 11 is 0. The molecule has 1 aliphatic heterocycles. The maximum Gasteiger partial charge on any atom is 0.247 e. The number of amides is 3. The average molecular weight is 560 g/mol. The van der Waals surface area contributed by atoms with Crippen LogP contribution in [0.4, 0.5) is 0 Å². The molecular weight excluding hydrogens is 510 g/mol. The van der Waals surface area contributed by atoms with Crippen LogP contribution < -0.4 is 10.9 Å².